The standard InChI is InChI=1S/C10H17B/c1-6-10(11)9(5)8(4)7(2)3/h6H2,1-5H3/b10-9+. The molecule has 0 fully saturated rings. The van der Waals surface area contributed by atoms with E-state index >= 15 is 0 Å². The van der Waals surface area contributed by atoms with Gasteiger partial charge in [-0.15, -0.1) is 5.47 Å². The average molecular weight is 148 g/mol. The van der Waals surface area contributed by atoms with Gasteiger partial charge in [-0.1, -0.05) is 23.6 Å². The first-order valence-electron chi connectivity index (χ1n) is 4.10. The van der Waals surface area contributed by atoms with Gasteiger partial charge in [0.05, 0.1) is 0 Å². The minimum atomic E-state index is 0.941. The molecule has 0 rings (SSSR count). The van der Waals surface area contributed by atoms with Gasteiger partial charge in [-0.05, 0) is 34.1 Å². The summed E-state index contributed by atoms with van der Waals surface area (Å²) in [6, 6.07) is 0. The molecule has 0 aliphatic rings. The molecule has 0 saturated heterocycles. The molecular weight excluding hydrogens is 131 g/mol. The SMILES string of the molecule is [B]/C(CC)=C(\C)C(C)=C(C)C. The van der Waals surface area contributed by atoms with Crippen LogP contribution in [0.2, 0.25) is 0 Å². The smallest absolute Gasteiger partial charge is 0.108 e. The summed E-state index contributed by atoms with van der Waals surface area (Å²) in [6.45, 7) is 10.5. The van der Waals surface area contributed by atoms with E-state index in [1.54, 1.807) is 0 Å². The van der Waals surface area contributed by atoms with Crippen LogP contribution < -0.4 is 0 Å². The van der Waals surface area contributed by atoms with Crippen molar-refractivity contribution < 1.29 is 0 Å². The first-order valence-corrected chi connectivity index (χ1v) is 4.10. The minimum Gasteiger partial charge on any atom is -0.115 e. The molecule has 0 aliphatic heterocycles. The Morgan fingerprint density at radius 1 is 1.00 bits per heavy atom. The predicted molar refractivity (Wildman–Crippen MR) is 52.8 cm³/mol. The molecule has 11 heavy (non-hydrogen) atoms. The Kier molecular flexibility index (Phi) is 4.25. The van der Waals surface area contributed by atoms with Gasteiger partial charge in [0.1, 0.15) is 7.85 Å². The van der Waals surface area contributed by atoms with Crippen LogP contribution in [0.4, 0.5) is 0 Å². The van der Waals surface area contributed by atoms with Crippen LogP contribution in [0.15, 0.2) is 22.2 Å². The van der Waals surface area contributed by atoms with Gasteiger partial charge in [-0.2, -0.15) is 0 Å². The van der Waals surface area contributed by atoms with Gasteiger partial charge in [0.25, 0.3) is 0 Å². The van der Waals surface area contributed by atoms with Crippen LogP contribution in [0.1, 0.15) is 41.0 Å². The maximum Gasteiger partial charge on any atom is 0.108 e. The Balaban J connectivity index is 4.75. The van der Waals surface area contributed by atoms with Gasteiger partial charge in [0.2, 0.25) is 0 Å². The highest BCUT2D eigenvalue weighted by Gasteiger charge is 1.97. The second-order valence-electron chi connectivity index (χ2n) is 3.13. The summed E-state index contributed by atoms with van der Waals surface area (Å²) in [4.78, 5) is 0. The van der Waals surface area contributed by atoms with E-state index in [0.29, 0.717) is 0 Å². The summed E-state index contributed by atoms with van der Waals surface area (Å²) in [5.41, 5.74) is 4.92. The molecule has 0 nitrogen and oxygen atoms in total. The maximum atomic E-state index is 5.80. The van der Waals surface area contributed by atoms with E-state index in [2.05, 4.69) is 34.6 Å². The molecule has 0 aromatic carbocycles. The summed E-state index contributed by atoms with van der Waals surface area (Å²) in [7, 11) is 5.80. The minimum absolute atomic E-state index is 0.941. The lowest BCUT2D eigenvalue weighted by Crippen LogP contribution is -1.90. The molecule has 0 aromatic heterocycles. The van der Waals surface area contributed by atoms with E-state index in [1.807, 2.05) is 0 Å². The highest BCUT2D eigenvalue weighted by molar-refractivity contribution is 6.22. The molecule has 0 aliphatic carbocycles. The summed E-state index contributed by atoms with van der Waals surface area (Å²) in [6.07, 6.45) is 0.941. The molecule has 0 bridgehead atoms. The first kappa shape index (κ1) is 10.5. The van der Waals surface area contributed by atoms with E-state index in [4.69, 9.17) is 7.85 Å². The molecule has 1 heteroatoms. The molecule has 0 aromatic rings. The zero-order valence-electron chi connectivity index (χ0n) is 8.28. The van der Waals surface area contributed by atoms with Crippen LogP contribution in [0, 0.1) is 0 Å². The predicted octanol–water partition coefficient (Wildman–Crippen LogP) is 3.20. The normalized spacial score (nSPS) is 12.5. The van der Waals surface area contributed by atoms with Crippen LogP contribution >= 0.6 is 0 Å². The van der Waals surface area contributed by atoms with Gasteiger partial charge in [-0.25, -0.2) is 0 Å². The van der Waals surface area contributed by atoms with E-state index in [9.17, 15) is 0 Å². The lowest BCUT2D eigenvalue weighted by atomic mass is 9.85. The third-order valence-electron chi connectivity index (χ3n) is 2.18. The van der Waals surface area contributed by atoms with E-state index in [-0.39, 0.29) is 0 Å². The Labute approximate surface area is 71.8 Å². The van der Waals surface area contributed by atoms with Crippen molar-refractivity contribution in [3.05, 3.63) is 22.2 Å². The third-order valence-corrected chi connectivity index (χ3v) is 2.18. The molecule has 0 N–H and O–H groups in total. The lowest BCUT2D eigenvalue weighted by Gasteiger charge is -2.08. The number of allylic oxidation sites excluding steroid dienone is 4. The van der Waals surface area contributed by atoms with Crippen LogP contribution in [0.5, 0.6) is 0 Å². The van der Waals surface area contributed by atoms with Crippen molar-refractivity contribution >= 4 is 7.85 Å². The lowest BCUT2D eigenvalue weighted by molar-refractivity contribution is 1.13. The Hall–Kier alpha value is -0.455. The molecule has 60 valence electrons. The molecule has 0 spiro atoms. The molecule has 0 amide bonds. The van der Waals surface area contributed by atoms with E-state index < -0.39 is 0 Å². The fourth-order valence-corrected chi connectivity index (χ4v) is 0.881. The molecule has 0 heterocycles. The van der Waals surface area contributed by atoms with Crippen molar-refractivity contribution in [1.29, 1.82) is 0 Å². The monoisotopic (exact) mass is 148 g/mol. The summed E-state index contributed by atoms with van der Waals surface area (Å²) in [5, 5.41) is 0. The van der Waals surface area contributed by atoms with Crippen molar-refractivity contribution in [3.8, 4) is 0 Å². The highest BCUT2D eigenvalue weighted by Crippen LogP contribution is 2.17. The average Bonchev–Trinajstić information content (AvgIpc) is 2.00. The molecule has 0 atom stereocenters. The van der Waals surface area contributed by atoms with Gasteiger partial charge < -0.3 is 0 Å². The number of hydrogen-bond acceptors (Lipinski definition) is 0. The highest BCUT2D eigenvalue weighted by atomic mass is 14.0. The fourth-order valence-electron chi connectivity index (χ4n) is 0.881. The van der Waals surface area contributed by atoms with Crippen LogP contribution in [0.25, 0.3) is 0 Å². The van der Waals surface area contributed by atoms with Crippen molar-refractivity contribution in [2.75, 3.05) is 0 Å². The van der Waals surface area contributed by atoms with Crippen LogP contribution in [-0.4, -0.2) is 7.85 Å². The molecule has 0 saturated carbocycles. The van der Waals surface area contributed by atoms with Gasteiger partial charge in [-0.3, -0.25) is 0 Å². The summed E-state index contributed by atoms with van der Waals surface area (Å²) >= 11 is 0. The summed E-state index contributed by atoms with van der Waals surface area (Å²) < 4.78 is 0. The van der Waals surface area contributed by atoms with E-state index in [1.165, 1.54) is 16.7 Å². The van der Waals surface area contributed by atoms with Crippen molar-refractivity contribution in [2.24, 2.45) is 0 Å². The maximum absolute atomic E-state index is 5.80. The van der Waals surface area contributed by atoms with Gasteiger partial charge in [0.15, 0.2) is 0 Å². The third kappa shape index (κ3) is 2.96. The first-order chi connectivity index (χ1) is 5.00. The van der Waals surface area contributed by atoms with Crippen LogP contribution in [0.3, 0.4) is 0 Å². The summed E-state index contributed by atoms with van der Waals surface area (Å²) in [5.74, 6) is 0. The Morgan fingerprint density at radius 3 is 1.73 bits per heavy atom. The topological polar surface area (TPSA) is 0 Å². The number of hydrogen-bond donors (Lipinski definition) is 0. The number of rotatable bonds is 2. The quantitative estimate of drug-likeness (QED) is 0.416. The molecule has 0 unspecified atom stereocenters. The van der Waals surface area contributed by atoms with E-state index in [0.717, 1.165) is 11.9 Å². The van der Waals surface area contributed by atoms with Gasteiger partial charge >= 0.3 is 0 Å². The van der Waals surface area contributed by atoms with Crippen molar-refractivity contribution in [2.45, 2.75) is 41.0 Å². The molecular formula is C10H17B. The van der Waals surface area contributed by atoms with Gasteiger partial charge in [0, 0.05) is 0 Å². The zero-order valence-corrected chi connectivity index (χ0v) is 8.28. The van der Waals surface area contributed by atoms with Crippen LogP contribution in [-0.2, 0) is 0 Å². The second-order valence-corrected chi connectivity index (χ2v) is 3.13. The fraction of sp³-hybridized carbons (Fsp3) is 0.600. The van der Waals surface area contributed by atoms with Crippen molar-refractivity contribution in [3.63, 3.8) is 0 Å². The second kappa shape index (κ2) is 4.43. The Morgan fingerprint density at radius 2 is 1.45 bits per heavy atom. The largest absolute Gasteiger partial charge is 0.115 e. The van der Waals surface area contributed by atoms with Crippen molar-refractivity contribution in [1.82, 2.24) is 0 Å². The molecule has 2 radical (unpaired) electrons. The Bertz CT molecular complexity index is 193. The zero-order chi connectivity index (χ0) is 9.02.